The van der Waals surface area contributed by atoms with Crippen LogP contribution in [0, 0.1) is 0 Å². The van der Waals surface area contributed by atoms with Crippen LogP contribution in [0.3, 0.4) is 0 Å². The molecule has 0 radical (unpaired) electrons. The van der Waals surface area contributed by atoms with Gasteiger partial charge in [0.1, 0.15) is 17.2 Å². The third kappa shape index (κ3) is 5.08. The van der Waals surface area contributed by atoms with Gasteiger partial charge in [-0.05, 0) is 74.4 Å². The van der Waals surface area contributed by atoms with E-state index in [0.29, 0.717) is 40.7 Å². The van der Waals surface area contributed by atoms with Crippen LogP contribution in [0.15, 0.2) is 72.8 Å². The maximum absolute atomic E-state index is 12.9. The number of rotatable bonds is 8. The number of benzene rings is 3. The molecule has 2 atom stereocenters. The first-order chi connectivity index (χ1) is 17.5. The Bertz CT molecular complexity index is 1270. The van der Waals surface area contributed by atoms with Gasteiger partial charge in [-0.25, -0.2) is 0 Å². The fourth-order valence-electron chi connectivity index (χ4n) is 4.23. The summed E-state index contributed by atoms with van der Waals surface area (Å²) in [7, 11) is 0. The average molecular weight is 487 g/mol. The largest absolute Gasteiger partial charge is 0.481 e. The SMILES string of the molecule is CC(Oc1ccccc1)C(=O)Nc1ccc(Oc2ccc3c(c2)C(=O)N(CC2CCCO2)C3=O)cc1. The Hall–Kier alpha value is -4.17. The molecular weight excluding hydrogens is 460 g/mol. The molecule has 8 heteroatoms. The Balaban J connectivity index is 1.20. The molecule has 0 spiro atoms. The van der Waals surface area contributed by atoms with E-state index in [1.165, 1.54) is 4.90 Å². The van der Waals surface area contributed by atoms with Crippen molar-refractivity contribution in [3.8, 4) is 17.2 Å². The summed E-state index contributed by atoms with van der Waals surface area (Å²) in [6, 6.07) is 20.9. The zero-order valence-electron chi connectivity index (χ0n) is 19.8. The topological polar surface area (TPSA) is 94.2 Å². The van der Waals surface area contributed by atoms with Crippen molar-refractivity contribution in [1.82, 2.24) is 4.90 Å². The lowest BCUT2D eigenvalue weighted by Crippen LogP contribution is -2.36. The molecular formula is C28H26N2O6. The molecule has 1 saturated heterocycles. The van der Waals surface area contributed by atoms with E-state index < -0.39 is 6.10 Å². The van der Waals surface area contributed by atoms with Crippen molar-refractivity contribution in [3.63, 3.8) is 0 Å². The van der Waals surface area contributed by atoms with Crippen molar-refractivity contribution in [1.29, 1.82) is 0 Å². The van der Waals surface area contributed by atoms with E-state index in [-0.39, 0.29) is 30.4 Å². The van der Waals surface area contributed by atoms with Gasteiger partial charge in [-0.3, -0.25) is 19.3 Å². The van der Waals surface area contributed by atoms with Gasteiger partial charge >= 0.3 is 0 Å². The number of hydrogen-bond acceptors (Lipinski definition) is 6. The Morgan fingerprint density at radius 1 is 0.972 bits per heavy atom. The van der Waals surface area contributed by atoms with Gasteiger partial charge in [-0.2, -0.15) is 0 Å². The number of fused-ring (bicyclic) bond motifs is 1. The summed E-state index contributed by atoms with van der Waals surface area (Å²) in [5.41, 5.74) is 1.29. The van der Waals surface area contributed by atoms with E-state index in [0.717, 1.165) is 12.8 Å². The summed E-state index contributed by atoms with van der Waals surface area (Å²) < 4.78 is 17.1. The van der Waals surface area contributed by atoms with Gasteiger partial charge in [0.05, 0.1) is 23.8 Å². The highest BCUT2D eigenvalue weighted by Crippen LogP contribution is 2.31. The predicted molar refractivity (Wildman–Crippen MR) is 132 cm³/mol. The van der Waals surface area contributed by atoms with Gasteiger partial charge < -0.3 is 19.5 Å². The minimum absolute atomic E-state index is 0.102. The molecule has 2 aliphatic heterocycles. The lowest BCUT2D eigenvalue weighted by Gasteiger charge is -2.17. The van der Waals surface area contributed by atoms with E-state index in [2.05, 4.69) is 5.32 Å². The van der Waals surface area contributed by atoms with Crippen molar-refractivity contribution < 1.29 is 28.6 Å². The monoisotopic (exact) mass is 486 g/mol. The van der Waals surface area contributed by atoms with E-state index in [9.17, 15) is 14.4 Å². The molecule has 2 aliphatic rings. The number of amides is 3. The molecule has 2 heterocycles. The molecule has 3 aromatic carbocycles. The first-order valence-corrected chi connectivity index (χ1v) is 11.9. The first-order valence-electron chi connectivity index (χ1n) is 11.9. The highest BCUT2D eigenvalue weighted by molar-refractivity contribution is 6.21. The molecule has 8 nitrogen and oxygen atoms in total. The maximum atomic E-state index is 12.9. The molecule has 36 heavy (non-hydrogen) atoms. The molecule has 0 saturated carbocycles. The standard InChI is InChI=1S/C28H26N2O6/c1-18(35-20-6-3-2-4-7-20)26(31)29-19-9-11-21(12-10-19)36-22-13-14-24-25(16-22)28(33)30(27(24)32)17-23-8-5-15-34-23/h2-4,6-7,9-14,16,18,23H,5,8,15,17H2,1H3,(H,29,31). The van der Waals surface area contributed by atoms with Crippen molar-refractivity contribution in [3.05, 3.63) is 83.9 Å². The third-order valence-electron chi connectivity index (χ3n) is 6.14. The summed E-state index contributed by atoms with van der Waals surface area (Å²) in [4.78, 5) is 39.3. The molecule has 0 aliphatic carbocycles. The number of nitrogens with one attached hydrogen (secondary N) is 1. The van der Waals surface area contributed by atoms with Gasteiger partial charge in [0.25, 0.3) is 17.7 Å². The number of carbonyl (C=O) groups excluding carboxylic acids is 3. The van der Waals surface area contributed by atoms with Crippen molar-refractivity contribution in [2.75, 3.05) is 18.5 Å². The Morgan fingerprint density at radius 3 is 2.42 bits per heavy atom. The van der Waals surface area contributed by atoms with Crippen LogP contribution in [0.5, 0.6) is 17.2 Å². The molecule has 0 bridgehead atoms. The number of nitrogens with zero attached hydrogens (tertiary/aromatic N) is 1. The van der Waals surface area contributed by atoms with Crippen LogP contribution in [-0.4, -0.2) is 48.0 Å². The number of anilines is 1. The molecule has 3 amide bonds. The van der Waals surface area contributed by atoms with Gasteiger partial charge in [0, 0.05) is 12.3 Å². The van der Waals surface area contributed by atoms with E-state index in [1.807, 2.05) is 18.2 Å². The van der Waals surface area contributed by atoms with Crippen molar-refractivity contribution in [2.24, 2.45) is 0 Å². The molecule has 5 rings (SSSR count). The summed E-state index contributed by atoms with van der Waals surface area (Å²) in [6.07, 6.45) is 1.01. The Kier molecular flexibility index (Phi) is 6.69. The van der Waals surface area contributed by atoms with Crippen LogP contribution in [0.2, 0.25) is 0 Å². The van der Waals surface area contributed by atoms with E-state index in [4.69, 9.17) is 14.2 Å². The summed E-state index contributed by atoms with van der Waals surface area (Å²) in [5, 5.41) is 2.81. The predicted octanol–water partition coefficient (Wildman–Crippen LogP) is 4.66. The number of imide groups is 1. The fourth-order valence-corrected chi connectivity index (χ4v) is 4.23. The number of para-hydroxylation sites is 1. The molecule has 0 aromatic heterocycles. The molecule has 3 aromatic rings. The average Bonchev–Trinajstić information content (AvgIpc) is 3.49. The van der Waals surface area contributed by atoms with Crippen LogP contribution >= 0.6 is 0 Å². The second-order valence-corrected chi connectivity index (χ2v) is 8.75. The smallest absolute Gasteiger partial charge is 0.265 e. The molecule has 2 unspecified atom stereocenters. The Labute approximate surface area is 208 Å². The van der Waals surface area contributed by atoms with Crippen LogP contribution < -0.4 is 14.8 Å². The van der Waals surface area contributed by atoms with E-state index in [1.54, 1.807) is 61.5 Å². The van der Waals surface area contributed by atoms with Gasteiger partial charge in [0.2, 0.25) is 0 Å². The van der Waals surface area contributed by atoms with Crippen molar-refractivity contribution in [2.45, 2.75) is 32.0 Å². The van der Waals surface area contributed by atoms with Gasteiger partial charge in [0.15, 0.2) is 6.10 Å². The normalized spacial score (nSPS) is 17.6. The lowest BCUT2D eigenvalue weighted by molar-refractivity contribution is -0.122. The minimum Gasteiger partial charge on any atom is -0.481 e. The first kappa shape index (κ1) is 23.6. The highest BCUT2D eigenvalue weighted by Gasteiger charge is 2.37. The Morgan fingerprint density at radius 2 is 1.69 bits per heavy atom. The second kappa shape index (κ2) is 10.2. The number of ether oxygens (including phenoxy) is 3. The quantitative estimate of drug-likeness (QED) is 0.466. The van der Waals surface area contributed by atoms with Crippen molar-refractivity contribution >= 4 is 23.4 Å². The highest BCUT2D eigenvalue weighted by atomic mass is 16.5. The molecule has 184 valence electrons. The third-order valence-corrected chi connectivity index (χ3v) is 6.14. The zero-order chi connectivity index (χ0) is 25.1. The van der Waals surface area contributed by atoms with E-state index >= 15 is 0 Å². The summed E-state index contributed by atoms with van der Waals surface area (Å²) >= 11 is 0. The van der Waals surface area contributed by atoms with Crippen LogP contribution in [0.4, 0.5) is 5.69 Å². The zero-order valence-corrected chi connectivity index (χ0v) is 19.8. The lowest BCUT2D eigenvalue weighted by atomic mass is 10.1. The molecule has 1 fully saturated rings. The van der Waals surface area contributed by atoms with Crippen LogP contribution in [0.25, 0.3) is 0 Å². The minimum atomic E-state index is -0.671. The maximum Gasteiger partial charge on any atom is 0.265 e. The summed E-state index contributed by atoms with van der Waals surface area (Å²) in [6.45, 7) is 2.61. The summed E-state index contributed by atoms with van der Waals surface area (Å²) in [5.74, 6) is 0.670. The van der Waals surface area contributed by atoms with Crippen LogP contribution in [-0.2, 0) is 9.53 Å². The van der Waals surface area contributed by atoms with Crippen LogP contribution in [0.1, 0.15) is 40.5 Å². The molecule has 1 N–H and O–H groups in total. The van der Waals surface area contributed by atoms with Gasteiger partial charge in [-0.15, -0.1) is 0 Å². The second-order valence-electron chi connectivity index (χ2n) is 8.75. The number of carbonyl (C=O) groups is 3. The number of hydrogen-bond donors (Lipinski definition) is 1. The van der Waals surface area contributed by atoms with Gasteiger partial charge in [-0.1, -0.05) is 18.2 Å². The fraction of sp³-hybridized carbons (Fsp3) is 0.250.